The Morgan fingerprint density at radius 2 is 1.83 bits per heavy atom. The Hall–Kier alpha value is -2.83. The van der Waals surface area contributed by atoms with Gasteiger partial charge in [0.2, 0.25) is 5.96 Å². The highest BCUT2D eigenvalue weighted by molar-refractivity contribution is 5.89. The lowest BCUT2D eigenvalue weighted by Gasteiger charge is -2.21. The normalized spacial score (nSPS) is 10.3. The van der Waals surface area contributed by atoms with Gasteiger partial charge in [-0.05, 0) is 6.07 Å². The first kappa shape index (κ1) is 16.5. The molecule has 23 heavy (non-hydrogen) atoms. The third kappa shape index (κ3) is 4.09. The molecular formula is C16H19N3O4. The maximum atomic E-state index is 11.9. The Morgan fingerprint density at radius 3 is 2.48 bits per heavy atom. The SMILES string of the molecule is CN(C)C(=NC(=O)OCc1cc(=O)oc2ccccc12)N(C)C. The molecule has 7 heteroatoms. The number of carbonyl (C=O) groups is 1. The van der Waals surface area contributed by atoms with Gasteiger partial charge in [0.05, 0.1) is 0 Å². The van der Waals surface area contributed by atoms with E-state index < -0.39 is 11.7 Å². The molecule has 0 fully saturated rings. The topological polar surface area (TPSA) is 75.4 Å². The molecule has 1 aromatic carbocycles. The van der Waals surface area contributed by atoms with Crippen LogP contribution in [0.5, 0.6) is 0 Å². The molecule has 0 spiro atoms. The Morgan fingerprint density at radius 1 is 1.17 bits per heavy atom. The molecule has 2 aromatic rings. The molecule has 2 rings (SSSR count). The monoisotopic (exact) mass is 317 g/mol. The minimum absolute atomic E-state index is 0.0530. The van der Waals surface area contributed by atoms with Gasteiger partial charge in [-0.15, -0.1) is 4.99 Å². The summed E-state index contributed by atoms with van der Waals surface area (Å²) in [5.41, 5.74) is 0.550. The first-order valence-corrected chi connectivity index (χ1v) is 7.00. The summed E-state index contributed by atoms with van der Waals surface area (Å²) in [5, 5.41) is 0.726. The van der Waals surface area contributed by atoms with Crippen molar-refractivity contribution in [1.82, 2.24) is 9.80 Å². The van der Waals surface area contributed by atoms with Crippen LogP contribution < -0.4 is 5.63 Å². The minimum atomic E-state index is -0.722. The number of rotatable bonds is 2. The van der Waals surface area contributed by atoms with Crippen molar-refractivity contribution in [1.29, 1.82) is 0 Å². The van der Waals surface area contributed by atoms with Gasteiger partial charge < -0.3 is 19.0 Å². The van der Waals surface area contributed by atoms with E-state index >= 15 is 0 Å². The molecule has 0 aliphatic heterocycles. The number of hydrogen-bond donors (Lipinski definition) is 0. The van der Waals surface area contributed by atoms with Crippen LogP contribution in [0.25, 0.3) is 11.0 Å². The van der Waals surface area contributed by atoms with Crippen LogP contribution in [-0.4, -0.2) is 50.0 Å². The number of benzene rings is 1. The van der Waals surface area contributed by atoms with E-state index in [1.54, 1.807) is 56.2 Å². The second-order valence-electron chi connectivity index (χ2n) is 5.34. The first-order valence-electron chi connectivity index (χ1n) is 7.00. The number of hydrogen-bond acceptors (Lipinski definition) is 4. The fourth-order valence-corrected chi connectivity index (χ4v) is 2.15. The van der Waals surface area contributed by atoms with E-state index in [1.807, 2.05) is 6.07 Å². The Balaban J connectivity index is 2.20. The van der Waals surface area contributed by atoms with Gasteiger partial charge in [0.15, 0.2) is 0 Å². The molecule has 0 atom stereocenters. The third-order valence-electron chi connectivity index (χ3n) is 3.08. The summed E-state index contributed by atoms with van der Waals surface area (Å²) in [6.07, 6.45) is -0.722. The highest BCUT2D eigenvalue weighted by atomic mass is 16.5. The Bertz CT molecular complexity index is 783. The number of fused-ring (bicyclic) bond motifs is 1. The van der Waals surface area contributed by atoms with Crippen molar-refractivity contribution in [2.75, 3.05) is 28.2 Å². The van der Waals surface area contributed by atoms with E-state index in [4.69, 9.17) is 9.15 Å². The maximum absolute atomic E-state index is 11.9. The highest BCUT2D eigenvalue weighted by Gasteiger charge is 2.11. The zero-order valence-corrected chi connectivity index (χ0v) is 13.6. The Kier molecular flexibility index (Phi) is 5.00. The van der Waals surface area contributed by atoms with Gasteiger partial charge in [-0.1, -0.05) is 18.2 Å². The molecule has 122 valence electrons. The fourth-order valence-electron chi connectivity index (χ4n) is 2.15. The molecule has 0 aliphatic carbocycles. The van der Waals surface area contributed by atoms with E-state index in [2.05, 4.69) is 4.99 Å². The van der Waals surface area contributed by atoms with E-state index in [0.29, 0.717) is 17.1 Å². The molecule has 0 saturated carbocycles. The summed E-state index contributed by atoms with van der Waals surface area (Å²) in [6, 6.07) is 8.40. The standard InChI is InChI=1S/C16H19N3O4/c1-18(2)15(19(3)4)17-16(21)22-10-11-9-14(20)23-13-8-6-5-7-12(11)13/h5-9H,10H2,1-4H3. The second kappa shape index (κ2) is 6.95. The van der Waals surface area contributed by atoms with Crippen molar-refractivity contribution in [2.24, 2.45) is 4.99 Å². The zero-order valence-electron chi connectivity index (χ0n) is 13.6. The molecule has 0 unspecified atom stereocenters. The summed E-state index contributed by atoms with van der Waals surface area (Å²) in [6.45, 7) is -0.0530. The van der Waals surface area contributed by atoms with E-state index in [1.165, 1.54) is 6.07 Å². The molecule has 1 heterocycles. The summed E-state index contributed by atoms with van der Waals surface area (Å²) >= 11 is 0. The first-order chi connectivity index (χ1) is 10.9. The molecule has 0 radical (unpaired) electrons. The van der Waals surface area contributed by atoms with Crippen LogP contribution in [0.4, 0.5) is 4.79 Å². The van der Waals surface area contributed by atoms with Gasteiger partial charge >= 0.3 is 11.7 Å². The van der Waals surface area contributed by atoms with Crippen molar-refractivity contribution in [3.05, 3.63) is 46.3 Å². The number of ether oxygens (including phenoxy) is 1. The average Bonchev–Trinajstić information content (AvgIpc) is 2.49. The lowest BCUT2D eigenvalue weighted by Crippen LogP contribution is -2.36. The molecular weight excluding hydrogens is 298 g/mol. The summed E-state index contributed by atoms with van der Waals surface area (Å²) in [7, 11) is 7.12. The summed E-state index contributed by atoms with van der Waals surface area (Å²) in [5.74, 6) is 0.465. The minimum Gasteiger partial charge on any atom is -0.443 e. The van der Waals surface area contributed by atoms with Gasteiger partial charge in [0.1, 0.15) is 12.2 Å². The van der Waals surface area contributed by atoms with Gasteiger partial charge in [-0.2, -0.15) is 0 Å². The van der Waals surface area contributed by atoms with Crippen LogP contribution >= 0.6 is 0 Å². The average molecular weight is 317 g/mol. The number of carbonyl (C=O) groups excluding carboxylic acids is 1. The lowest BCUT2D eigenvalue weighted by molar-refractivity contribution is 0.150. The molecule has 1 amide bonds. The zero-order chi connectivity index (χ0) is 17.0. The largest absolute Gasteiger partial charge is 0.443 e. The van der Waals surface area contributed by atoms with E-state index in [0.717, 1.165) is 5.39 Å². The number of guanidine groups is 1. The van der Waals surface area contributed by atoms with E-state index in [-0.39, 0.29) is 6.61 Å². The molecule has 0 bridgehead atoms. The van der Waals surface area contributed by atoms with Crippen molar-refractivity contribution < 1.29 is 13.9 Å². The summed E-state index contributed by atoms with van der Waals surface area (Å²) in [4.78, 5) is 30.8. The molecule has 0 aliphatic rings. The van der Waals surface area contributed by atoms with Crippen LogP contribution in [0.2, 0.25) is 0 Å². The van der Waals surface area contributed by atoms with Crippen molar-refractivity contribution in [3.63, 3.8) is 0 Å². The van der Waals surface area contributed by atoms with Crippen LogP contribution in [0.3, 0.4) is 0 Å². The van der Waals surface area contributed by atoms with Gasteiger partial charge in [0, 0.05) is 45.2 Å². The lowest BCUT2D eigenvalue weighted by atomic mass is 10.1. The quantitative estimate of drug-likeness (QED) is 0.478. The van der Waals surface area contributed by atoms with Crippen LogP contribution in [-0.2, 0) is 11.3 Å². The van der Waals surface area contributed by atoms with Crippen LogP contribution in [0.1, 0.15) is 5.56 Å². The van der Waals surface area contributed by atoms with Crippen molar-refractivity contribution in [3.8, 4) is 0 Å². The van der Waals surface area contributed by atoms with Crippen LogP contribution in [0.15, 0.2) is 44.5 Å². The maximum Gasteiger partial charge on any atom is 0.437 e. The van der Waals surface area contributed by atoms with E-state index in [9.17, 15) is 9.59 Å². The number of nitrogens with zero attached hydrogens (tertiary/aromatic N) is 3. The predicted octanol–water partition coefficient (Wildman–Crippen LogP) is 1.91. The molecule has 0 saturated heterocycles. The smallest absolute Gasteiger partial charge is 0.437 e. The summed E-state index contributed by atoms with van der Waals surface area (Å²) < 4.78 is 10.3. The number of amides is 1. The second-order valence-corrected chi connectivity index (χ2v) is 5.34. The van der Waals surface area contributed by atoms with Crippen molar-refractivity contribution >= 4 is 23.0 Å². The predicted molar refractivity (Wildman–Crippen MR) is 87.5 cm³/mol. The number of para-hydroxylation sites is 1. The number of aliphatic imine (C=N–C) groups is 1. The van der Waals surface area contributed by atoms with Gasteiger partial charge in [-0.3, -0.25) is 0 Å². The van der Waals surface area contributed by atoms with Crippen molar-refractivity contribution in [2.45, 2.75) is 6.61 Å². The van der Waals surface area contributed by atoms with Crippen LogP contribution in [0, 0.1) is 0 Å². The fraction of sp³-hybridized carbons (Fsp3) is 0.312. The van der Waals surface area contributed by atoms with Gasteiger partial charge in [-0.25, -0.2) is 9.59 Å². The highest BCUT2D eigenvalue weighted by Crippen LogP contribution is 2.17. The van der Waals surface area contributed by atoms with Gasteiger partial charge in [0.25, 0.3) is 0 Å². The molecule has 1 aromatic heterocycles. The molecule has 7 nitrogen and oxygen atoms in total. The molecule has 0 N–H and O–H groups in total. The third-order valence-corrected chi connectivity index (χ3v) is 3.08. The Labute approximate surface area is 133 Å².